The summed E-state index contributed by atoms with van der Waals surface area (Å²) in [7, 11) is 0. The molecule has 0 heterocycles. The van der Waals surface area contributed by atoms with Gasteiger partial charge in [0.05, 0.1) is 5.41 Å². The van der Waals surface area contributed by atoms with Gasteiger partial charge >= 0.3 is 0 Å². The zero-order chi connectivity index (χ0) is 22.8. The number of rotatable bonds is 6. The molecule has 0 aromatic heterocycles. The minimum absolute atomic E-state index is 0.330. The van der Waals surface area contributed by atoms with Gasteiger partial charge in [-0.1, -0.05) is 110 Å². The number of hydrogen-bond donors (Lipinski definition) is 0. The standard InChI is InChI=1S/C33H30/c1-4-12-27-23-29(22-20-25(27)5-2)33(28(6-3)21-19-24-13-8-7-9-14-24)30-17-10-15-26-16-11-18-31(33)32(26)30/h4-6,8,10-13,15-23H,2-3,7,9,14H2,1H3/b12-4-,24-19-,28-21+. The molecule has 0 nitrogen and oxygen atoms in total. The Morgan fingerprint density at radius 2 is 1.76 bits per heavy atom. The van der Waals surface area contributed by atoms with Gasteiger partial charge < -0.3 is 0 Å². The summed E-state index contributed by atoms with van der Waals surface area (Å²) in [5.41, 5.74) is 8.61. The molecule has 33 heavy (non-hydrogen) atoms. The highest BCUT2D eigenvalue weighted by Gasteiger charge is 2.47. The first kappa shape index (κ1) is 21.2. The Morgan fingerprint density at radius 3 is 2.39 bits per heavy atom. The Morgan fingerprint density at radius 1 is 0.970 bits per heavy atom. The van der Waals surface area contributed by atoms with Crippen molar-refractivity contribution in [1.82, 2.24) is 0 Å². The predicted octanol–water partition coefficient (Wildman–Crippen LogP) is 8.94. The van der Waals surface area contributed by atoms with Crippen LogP contribution in [0, 0.1) is 0 Å². The molecule has 0 bridgehead atoms. The highest BCUT2D eigenvalue weighted by atomic mass is 14.5. The largest absolute Gasteiger partial charge is 0.0987 e. The quantitative estimate of drug-likeness (QED) is 0.345. The van der Waals surface area contributed by atoms with Crippen LogP contribution in [0.15, 0.2) is 115 Å². The molecule has 0 saturated heterocycles. The van der Waals surface area contributed by atoms with Crippen LogP contribution in [0.5, 0.6) is 0 Å². The minimum atomic E-state index is -0.330. The van der Waals surface area contributed by atoms with Gasteiger partial charge in [-0.05, 0) is 82.0 Å². The Balaban J connectivity index is 1.79. The molecule has 0 aliphatic heterocycles. The lowest BCUT2D eigenvalue weighted by molar-refractivity contribution is 0.721. The van der Waals surface area contributed by atoms with E-state index in [0.29, 0.717) is 0 Å². The van der Waals surface area contributed by atoms with E-state index in [1.807, 2.05) is 6.08 Å². The van der Waals surface area contributed by atoms with Gasteiger partial charge in [-0.15, -0.1) is 0 Å². The van der Waals surface area contributed by atoms with Crippen molar-refractivity contribution in [2.45, 2.75) is 31.6 Å². The second kappa shape index (κ2) is 8.71. The molecule has 0 radical (unpaired) electrons. The third-order valence-corrected chi connectivity index (χ3v) is 7.10. The maximum Gasteiger partial charge on any atom is 0.0713 e. The summed E-state index contributed by atoms with van der Waals surface area (Å²) in [5.74, 6) is 0. The molecule has 3 aromatic rings. The molecule has 5 rings (SSSR count). The second-order valence-corrected chi connectivity index (χ2v) is 8.87. The van der Waals surface area contributed by atoms with Gasteiger partial charge in [-0.3, -0.25) is 0 Å². The fourth-order valence-electron chi connectivity index (χ4n) is 5.58. The van der Waals surface area contributed by atoms with Crippen LogP contribution in [0.25, 0.3) is 22.9 Å². The van der Waals surface area contributed by atoms with Gasteiger partial charge in [-0.25, -0.2) is 0 Å². The number of hydrogen-bond acceptors (Lipinski definition) is 0. The molecular formula is C33H30. The van der Waals surface area contributed by atoms with E-state index >= 15 is 0 Å². The third-order valence-electron chi connectivity index (χ3n) is 7.10. The van der Waals surface area contributed by atoms with Crippen LogP contribution in [0.4, 0.5) is 0 Å². The zero-order valence-electron chi connectivity index (χ0n) is 19.4. The normalized spacial score (nSPS) is 18.0. The van der Waals surface area contributed by atoms with Crippen molar-refractivity contribution in [3.05, 3.63) is 143 Å². The fraction of sp³-hybridized carbons (Fsp3) is 0.152. The van der Waals surface area contributed by atoms with Crippen LogP contribution in [0.2, 0.25) is 0 Å². The molecule has 3 aromatic carbocycles. The van der Waals surface area contributed by atoms with Crippen LogP contribution < -0.4 is 0 Å². The Hall–Kier alpha value is -3.64. The smallest absolute Gasteiger partial charge is 0.0713 e. The van der Waals surface area contributed by atoms with E-state index in [-0.39, 0.29) is 5.41 Å². The summed E-state index contributed by atoms with van der Waals surface area (Å²) in [5, 5.41) is 2.67. The van der Waals surface area contributed by atoms with E-state index in [9.17, 15) is 0 Å². The lowest BCUT2D eigenvalue weighted by atomic mass is 9.55. The summed E-state index contributed by atoms with van der Waals surface area (Å²) in [4.78, 5) is 0. The molecule has 0 atom stereocenters. The van der Waals surface area contributed by atoms with Crippen molar-refractivity contribution in [3.63, 3.8) is 0 Å². The van der Waals surface area contributed by atoms with Gasteiger partial charge in [0, 0.05) is 0 Å². The minimum Gasteiger partial charge on any atom is -0.0987 e. The van der Waals surface area contributed by atoms with Gasteiger partial charge in [0.15, 0.2) is 0 Å². The Labute approximate surface area is 197 Å². The molecule has 0 heteroatoms. The van der Waals surface area contributed by atoms with E-state index in [4.69, 9.17) is 0 Å². The van der Waals surface area contributed by atoms with Crippen molar-refractivity contribution in [3.8, 4) is 0 Å². The summed E-state index contributed by atoms with van der Waals surface area (Å²) in [6.45, 7) is 10.4. The van der Waals surface area contributed by atoms with E-state index < -0.39 is 0 Å². The predicted molar refractivity (Wildman–Crippen MR) is 144 cm³/mol. The Bertz CT molecular complexity index is 1330. The lowest BCUT2D eigenvalue weighted by Gasteiger charge is -2.46. The third kappa shape index (κ3) is 3.29. The average Bonchev–Trinajstić information content (AvgIpc) is 2.86. The van der Waals surface area contributed by atoms with E-state index in [0.717, 1.165) is 12.0 Å². The molecule has 162 valence electrons. The summed E-state index contributed by atoms with van der Waals surface area (Å²) < 4.78 is 0. The zero-order valence-corrected chi connectivity index (χ0v) is 19.4. The highest BCUT2D eigenvalue weighted by Crippen LogP contribution is 2.57. The van der Waals surface area contributed by atoms with Crippen molar-refractivity contribution in [2.24, 2.45) is 0 Å². The van der Waals surface area contributed by atoms with Crippen LogP contribution in [-0.4, -0.2) is 0 Å². The van der Waals surface area contributed by atoms with Crippen LogP contribution in [0.3, 0.4) is 0 Å². The Kier molecular flexibility index (Phi) is 5.60. The molecule has 0 fully saturated rings. The monoisotopic (exact) mass is 426 g/mol. The molecule has 0 unspecified atom stereocenters. The maximum atomic E-state index is 4.28. The molecule has 0 spiro atoms. The van der Waals surface area contributed by atoms with Gasteiger partial charge in [-0.2, -0.15) is 0 Å². The molecular weight excluding hydrogens is 396 g/mol. The number of allylic oxidation sites excluding steroid dienone is 8. The van der Waals surface area contributed by atoms with E-state index in [1.54, 1.807) is 0 Å². The van der Waals surface area contributed by atoms with Crippen molar-refractivity contribution in [2.75, 3.05) is 0 Å². The summed E-state index contributed by atoms with van der Waals surface area (Å²) in [6.07, 6.45) is 20.9. The first-order valence-electron chi connectivity index (χ1n) is 11.9. The molecule has 0 amide bonds. The van der Waals surface area contributed by atoms with Gasteiger partial charge in [0.25, 0.3) is 0 Å². The summed E-state index contributed by atoms with van der Waals surface area (Å²) >= 11 is 0. The number of benzene rings is 3. The van der Waals surface area contributed by atoms with Gasteiger partial charge in [0.2, 0.25) is 0 Å². The highest BCUT2D eigenvalue weighted by molar-refractivity contribution is 6.01. The van der Waals surface area contributed by atoms with E-state index in [1.165, 1.54) is 57.0 Å². The molecule has 0 saturated carbocycles. The average molecular weight is 427 g/mol. The van der Waals surface area contributed by atoms with Crippen LogP contribution in [-0.2, 0) is 5.41 Å². The maximum absolute atomic E-state index is 4.28. The molecule has 2 aliphatic carbocycles. The first-order valence-corrected chi connectivity index (χ1v) is 11.9. The SMILES string of the molecule is C=C/C(=C\C=C1\C=CCCC1)C1(c2ccc(C=C)c(/C=C\C)c2)c2cccc3cccc1c23. The second-order valence-electron chi connectivity index (χ2n) is 8.87. The topological polar surface area (TPSA) is 0 Å². The van der Waals surface area contributed by atoms with Gasteiger partial charge in [0.1, 0.15) is 0 Å². The van der Waals surface area contributed by atoms with E-state index in [2.05, 4.69) is 117 Å². The fourth-order valence-corrected chi connectivity index (χ4v) is 5.58. The summed E-state index contributed by atoms with van der Waals surface area (Å²) in [6, 6.07) is 20.2. The molecule has 2 aliphatic rings. The van der Waals surface area contributed by atoms with Crippen LogP contribution in [0.1, 0.15) is 54.0 Å². The van der Waals surface area contributed by atoms with Crippen molar-refractivity contribution in [1.29, 1.82) is 0 Å². The lowest BCUT2D eigenvalue weighted by Crippen LogP contribution is -2.38. The van der Waals surface area contributed by atoms with Crippen molar-refractivity contribution >= 4 is 22.9 Å². The first-order chi connectivity index (χ1) is 16.2. The molecule has 0 N–H and O–H groups in total. The van der Waals surface area contributed by atoms with Crippen LogP contribution >= 0.6 is 0 Å². The van der Waals surface area contributed by atoms with Crippen molar-refractivity contribution < 1.29 is 0 Å².